The van der Waals surface area contributed by atoms with Crippen LogP contribution in [0.4, 0.5) is 16.0 Å². The SMILES string of the molecule is CS(=O)(=O)Nc1cc(Cl)cc(-c2nc(C3CC3)[nH]c2-c2ccnc(NCCC#N)n2)c1F.Cl. The summed E-state index contributed by atoms with van der Waals surface area (Å²) in [6, 6.07) is 6.29. The normalized spacial score (nSPS) is 13.2. The topological polar surface area (TPSA) is 136 Å². The number of nitrogens with zero attached hydrogens (tertiary/aromatic N) is 4. The van der Waals surface area contributed by atoms with Crippen molar-refractivity contribution in [2.45, 2.75) is 25.2 Å². The van der Waals surface area contributed by atoms with Crippen molar-refractivity contribution in [1.29, 1.82) is 5.26 Å². The number of nitrogens with one attached hydrogen (secondary N) is 3. The number of hydrogen-bond donors (Lipinski definition) is 3. The molecule has 0 atom stereocenters. The number of halogens is 3. The van der Waals surface area contributed by atoms with Gasteiger partial charge >= 0.3 is 0 Å². The van der Waals surface area contributed by atoms with E-state index in [9.17, 15) is 8.42 Å². The molecule has 0 saturated heterocycles. The summed E-state index contributed by atoms with van der Waals surface area (Å²) in [7, 11) is -3.72. The van der Waals surface area contributed by atoms with E-state index in [0.29, 0.717) is 36.1 Å². The number of hydrogen-bond acceptors (Lipinski definition) is 7. The van der Waals surface area contributed by atoms with Crippen LogP contribution in [0.5, 0.6) is 0 Å². The van der Waals surface area contributed by atoms with Crippen LogP contribution in [0.2, 0.25) is 5.02 Å². The number of H-pyrrole nitrogens is 1. The highest BCUT2D eigenvalue weighted by Crippen LogP contribution is 2.42. The molecule has 2 aromatic heterocycles. The number of anilines is 2. The average Bonchev–Trinajstić information content (AvgIpc) is 3.48. The van der Waals surface area contributed by atoms with Crippen molar-refractivity contribution in [3.8, 4) is 28.7 Å². The number of nitriles is 1. The maximum absolute atomic E-state index is 15.4. The van der Waals surface area contributed by atoms with Gasteiger partial charge in [0.15, 0.2) is 5.82 Å². The van der Waals surface area contributed by atoms with Crippen LogP contribution in [-0.4, -0.2) is 41.2 Å². The molecule has 0 bridgehead atoms. The minimum atomic E-state index is -3.72. The molecule has 1 saturated carbocycles. The first-order valence-electron chi connectivity index (χ1n) is 9.76. The molecule has 1 aromatic carbocycles. The van der Waals surface area contributed by atoms with Crippen molar-refractivity contribution < 1.29 is 12.8 Å². The molecule has 1 aliphatic rings. The van der Waals surface area contributed by atoms with Gasteiger partial charge in [-0.05, 0) is 31.0 Å². The van der Waals surface area contributed by atoms with E-state index in [1.54, 1.807) is 12.3 Å². The van der Waals surface area contributed by atoms with Gasteiger partial charge in [0.2, 0.25) is 16.0 Å². The summed E-state index contributed by atoms with van der Waals surface area (Å²) in [5.41, 5.74) is 0.970. The second-order valence-corrected chi connectivity index (χ2v) is 9.59. The number of aromatic nitrogens is 4. The second-order valence-electron chi connectivity index (χ2n) is 7.41. The first-order chi connectivity index (χ1) is 15.2. The van der Waals surface area contributed by atoms with E-state index in [1.807, 2.05) is 6.07 Å². The Hall–Kier alpha value is -2.94. The molecule has 0 unspecified atom stereocenters. The van der Waals surface area contributed by atoms with Crippen molar-refractivity contribution in [3.63, 3.8) is 0 Å². The molecule has 13 heteroatoms. The quantitative estimate of drug-likeness (QED) is 0.382. The Morgan fingerprint density at radius 3 is 2.76 bits per heavy atom. The summed E-state index contributed by atoms with van der Waals surface area (Å²) in [6.45, 7) is 0.382. The minimum Gasteiger partial charge on any atom is -0.353 e. The predicted molar refractivity (Wildman–Crippen MR) is 126 cm³/mol. The minimum absolute atomic E-state index is 0. The molecule has 1 fully saturated rings. The fraction of sp³-hybridized carbons (Fsp3) is 0.300. The van der Waals surface area contributed by atoms with Gasteiger partial charge in [-0.3, -0.25) is 4.72 Å². The fourth-order valence-corrected chi connectivity index (χ4v) is 3.94. The first kappa shape index (κ1) is 24.7. The van der Waals surface area contributed by atoms with Crippen LogP contribution in [0.15, 0.2) is 24.4 Å². The van der Waals surface area contributed by atoms with Gasteiger partial charge in [-0.15, -0.1) is 12.4 Å². The Balaban J connectivity index is 0.00000306. The maximum Gasteiger partial charge on any atom is 0.229 e. The molecule has 9 nitrogen and oxygen atoms in total. The number of benzene rings is 1. The second kappa shape index (κ2) is 9.91. The zero-order valence-corrected chi connectivity index (χ0v) is 19.8. The molecule has 0 amide bonds. The highest BCUT2D eigenvalue weighted by molar-refractivity contribution is 7.92. The van der Waals surface area contributed by atoms with Crippen LogP contribution in [-0.2, 0) is 10.0 Å². The van der Waals surface area contributed by atoms with Gasteiger partial charge in [-0.2, -0.15) is 5.26 Å². The van der Waals surface area contributed by atoms with E-state index in [1.165, 1.54) is 12.1 Å². The molecular weight excluding hydrogens is 492 g/mol. The highest BCUT2D eigenvalue weighted by Gasteiger charge is 2.30. The molecule has 0 radical (unpaired) electrons. The van der Waals surface area contributed by atoms with Crippen molar-refractivity contribution in [3.05, 3.63) is 41.1 Å². The van der Waals surface area contributed by atoms with E-state index in [0.717, 1.165) is 19.1 Å². The maximum atomic E-state index is 15.4. The Bertz CT molecular complexity index is 1320. The summed E-state index contributed by atoms with van der Waals surface area (Å²) in [5, 5.41) is 11.8. The third-order valence-corrected chi connectivity index (χ3v) is 5.51. The van der Waals surface area contributed by atoms with Gasteiger partial charge in [0, 0.05) is 29.2 Å². The molecule has 33 heavy (non-hydrogen) atoms. The van der Waals surface area contributed by atoms with Crippen LogP contribution in [0, 0.1) is 17.1 Å². The summed E-state index contributed by atoms with van der Waals surface area (Å²) >= 11 is 6.18. The number of sulfonamides is 1. The zero-order chi connectivity index (χ0) is 22.9. The molecule has 0 spiro atoms. The van der Waals surface area contributed by atoms with Crippen molar-refractivity contribution in [1.82, 2.24) is 19.9 Å². The summed E-state index contributed by atoms with van der Waals surface area (Å²) in [4.78, 5) is 16.4. The van der Waals surface area contributed by atoms with E-state index in [4.69, 9.17) is 16.9 Å². The van der Waals surface area contributed by atoms with Gasteiger partial charge in [0.25, 0.3) is 0 Å². The fourth-order valence-electron chi connectivity index (χ4n) is 3.17. The third-order valence-electron chi connectivity index (χ3n) is 4.71. The van der Waals surface area contributed by atoms with Crippen LogP contribution < -0.4 is 10.0 Å². The molecular formula is C20H20Cl2FN7O2S. The lowest BCUT2D eigenvalue weighted by Crippen LogP contribution is -2.11. The Labute approximate surface area is 201 Å². The highest BCUT2D eigenvalue weighted by atomic mass is 35.5. The Morgan fingerprint density at radius 2 is 2.09 bits per heavy atom. The third kappa shape index (κ3) is 5.90. The lowest BCUT2D eigenvalue weighted by Gasteiger charge is -2.11. The van der Waals surface area contributed by atoms with Crippen LogP contribution in [0.25, 0.3) is 22.6 Å². The van der Waals surface area contributed by atoms with Crippen LogP contribution in [0.1, 0.15) is 31.0 Å². The molecule has 174 valence electrons. The number of imidazole rings is 1. The van der Waals surface area contributed by atoms with Crippen LogP contribution in [0.3, 0.4) is 0 Å². The van der Waals surface area contributed by atoms with Gasteiger partial charge in [0.1, 0.15) is 11.5 Å². The lowest BCUT2D eigenvalue weighted by atomic mass is 10.1. The van der Waals surface area contributed by atoms with Gasteiger partial charge in [-0.25, -0.2) is 27.8 Å². The van der Waals surface area contributed by atoms with Gasteiger partial charge in [-0.1, -0.05) is 11.6 Å². The Kier molecular flexibility index (Phi) is 7.41. The van der Waals surface area contributed by atoms with Crippen molar-refractivity contribution in [2.75, 3.05) is 22.8 Å². The number of rotatable bonds is 8. The summed E-state index contributed by atoms with van der Waals surface area (Å²) in [6.07, 6.45) is 4.70. The van der Waals surface area contributed by atoms with Gasteiger partial charge < -0.3 is 10.3 Å². The molecule has 1 aliphatic carbocycles. The molecule has 3 aromatic rings. The number of aromatic amines is 1. The first-order valence-corrected chi connectivity index (χ1v) is 12.0. The smallest absolute Gasteiger partial charge is 0.229 e. The van der Waals surface area contributed by atoms with Crippen LogP contribution >= 0.6 is 24.0 Å². The summed E-state index contributed by atoms with van der Waals surface area (Å²) < 4.78 is 40.8. The van der Waals surface area contributed by atoms with E-state index in [-0.39, 0.29) is 40.3 Å². The molecule has 4 rings (SSSR count). The largest absolute Gasteiger partial charge is 0.353 e. The predicted octanol–water partition coefficient (Wildman–Crippen LogP) is 4.32. The molecule has 2 heterocycles. The lowest BCUT2D eigenvalue weighted by molar-refractivity contribution is 0.604. The van der Waals surface area contributed by atoms with E-state index >= 15 is 4.39 Å². The van der Waals surface area contributed by atoms with Crippen molar-refractivity contribution >= 4 is 45.7 Å². The van der Waals surface area contributed by atoms with E-state index < -0.39 is 15.8 Å². The zero-order valence-electron chi connectivity index (χ0n) is 17.4. The Morgan fingerprint density at radius 1 is 1.33 bits per heavy atom. The van der Waals surface area contributed by atoms with Crippen molar-refractivity contribution in [2.24, 2.45) is 0 Å². The standard InChI is InChI=1S/C20H19ClFN7O2S.ClH/c1-32(30,31)29-15-10-12(21)9-13(16(15)22)17-18(28-19(27-17)11-3-4-11)14-5-8-25-20(26-14)24-7-2-6-23;/h5,8-11,29H,2-4,7H2,1H3,(H,27,28)(H,24,25,26);1H. The summed E-state index contributed by atoms with van der Waals surface area (Å²) in [5.74, 6) is 0.464. The molecule has 0 aliphatic heterocycles. The average molecular weight is 512 g/mol. The van der Waals surface area contributed by atoms with E-state index in [2.05, 4.69) is 30.0 Å². The van der Waals surface area contributed by atoms with Gasteiger partial charge in [0.05, 0.1) is 35.8 Å². The molecule has 3 N–H and O–H groups in total. The monoisotopic (exact) mass is 511 g/mol.